The third kappa shape index (κ3) is 2.80. The molecule has 0 aliphatic heterocycles. The molecule has 3 N–H and O–H groups in total. The first-order valence-corrected chi connectivity index (χ1v) is 7.00. The minimum absolute atomic E-state index is 0.0824. The monoisotopic (exact) mass is 260 g/mol. The average molecular weight is 260 g/mol. The average Bonchev–Trinajstić information content (AvgIpc) is 2.83. The number of thiophene rings is 1. The summed E-state index contributed by atoms with van der Waals surface area (Å²) < 4.78 is 0. The van der Waals surface area contributed by atoms with Crippen LogP contribution in [0.2, 0.25) is 0 Å². The van der Waals surface area contributed by atoms with Crippen molar-refractivity contribution in [3.63, 3.8) is 0 Å². The van der Waals surface area contributed by atoms with Gasteiger partial charge in [0.15, 0.2) is 0 Å². The van der Waals surface area contributed by atoms with Gasteiger partial charge in [0, 0.05) is 4.88 Å². The number of nitrogens with one attached hydrogen (secondary N) is 1. The molecule has 1 unspecified atom stereocenters. The van der Waals surface area contributed by atoms with E-state index in [2.05, 4.69) is 61.9 Å². The fraction of sp³-hybridized carbons (Fsp3) is 0.333. The highest BCUT2D eigenvalue weighted by molar-refractivity contribution is 7.10. The molecule has 2 aromatic rings. The summed E-state index contributed by atoms with van der Waals surface area (Å²) in [5, 5.41) is 2.07. The van der Waals surface area contributed by atoms with E-state index in [0.29, 0.717) is 0 Å². The Hall–Kier alpha value is -1.16. The first-order valence-electron chi connectivity index (χ1n) is 6.12. The van der Waals surface area contributed by atoms with Gasteiger partial charge in [0.2, 0.25) is 0 Å². The van der Waals surface area contributed by atoms with Crippen LogP contribution in [0.25, 0.3) is 0 Å². The van der Waals surface area contributed by atoms with E-state index in [-0.39, 0.29) is 11.5 Å². The van der Waals surface area contributed by atoms with Gasteiger partial charge < -0.3 is 0 Å². The number of nitrogens with two attached hydrogens (primary N) is 1. The predicted molar refractivity (Wildman–Crippen MR) is 78.6 cm³/mol. The summed E-state index contributed by atoms with van der Waals surface area (Å²) in [7, 11) is 0. The molecule has 2 nitrogen and oxygen atoms in total. The summed E-state index contributed by atoms with van der Waals surface area (Å²) in [5.74, 6) is 5.68. The van der Waals surface area contributed by atoms with Crippen LogP contribution in [0.3, 0.4) is 0 Å². The van der Waals surface area contributed by atoms with Gasteiger partial charge in [-0.3, -0.25) is 5.84 Å². The van der Waals surface area contributed by atoms with Crippen LogP contribution in [0, 0.1) is 0 Å². The van der Waals surface area contributed by atoms with Crippen LogP contribution in [-0.2, 0) is 5.41 Å². The van der Waals surface area contributed by atoms with Gasteiger partial charge in [0.25, 0.3) is 0 Å². The van der Waals surface area contributed by atoms with E-state index in [1.165, 1.54) is 16.0 Å². The number of hydrogen-bond acceptors (Lipinski definition) is 3. The lowest BCUT2D eigenvalue weighted by molar-refractivity contribution is 0.588. The largest absolute Gasteiger partial charge is 0.271 e. The van der Waals surface area contributed by atoms with Crippen molar-refractivity contribution >= 4 is 11.3 Å². The van der Waals surface area contributed by atoms with E-state index in [1.54, 1.807) is 11.3 Å². The highest BCUT2D eigenvalue weighted by Crippen LogP contribution is 2.28. The molecule has 0 aliphatic rings. The van der Waals surface area contributed by atoms with Crippen molar-refractivity contribution in [1.82, 2.24) is 5.43 Å². The van der Waals surface area contributed by atoms with Crippen molar-refractivity contribution in [3.8, 4) is 0 Å². The number of hydrazine groups is 1. The van der Waals surface area contributed by atoms with Gasteiger partial charge in [-0.1, -0.05) is 51.1 Å². The van der Waals surface area contributed by atoms with Crippen LogP contribution < -0.4 is 11.3 Å². The third-order valence-corrected chi connectivity index (χ3v) is 4.04. The quantitative estimate of drug-likeness (QED) is 0.653. The first-order chi connectivity index (χ1) is 8.52. The molecule has 0 amide bonds. The molecule has 0 fully saturated rings. The van der Waals surface area contributed by atoms with Crippen molar-refractivity contribution in [2.45, 2.75) is 32.2 Å². The molecule has 1 atom stereocenters. The van der Waals surface area contributed by atoms with Gasteiger partial charge in [-0.25, -0.2) is 5.43 Å². The molecule has 1 aromatic heterocycles. The highest BCUT2D eigenvalue weighted by Gasteiger charge is 2.16. The Morgan fingerprint density at radius 3 is 2.22 bits per heavy atom. The van der Waals surface area contributed by atoms with E-state index < -0.39 is 0 Å². The predicted octanol–water partition coefficient (Wildman–Crippen LogP) is 3.60. The second kappa shape index (κ2) is 5.22. The smallest absolute Gasteiger partial charge is 0.0802 e. The molecule has 3 heteroatoms. The molecule has 1 aromatic carbocycles. The molecule has 0 aliphatic carbocycles. The van der Waals surface area contributed by atoms with E-state index in [0.717, 1.165) is 0 Å². The topological polar surface area (TPSA) is 38.0 Å². The van der Waals surface area contributed by atoms with Crippen molar-refractivity contribution in [2.24, 2.45) is 5.84 Å². The third-order valence-electron chi connectivity index (χ3n) is 3.10. The maximum atomic E-state index is 5.68. The zero-order valence-electron chi connectivity index (χ0n) is 11.1. The van der Waals surface area contributed by atoms with Crippen LogP contribution >= 0.6 is 11.3 Å². The minimum Gasteiger partial charge on any atom is -0.271 e. The molecule has 96 valence electrons. The summed E-state index contributed by atoms with van der Waals surface area (Å²) in [6.07, 6.45) is 0. The molecular weight excluding hydrogens is 240 g/mol. The first kappa shape index (κ1) is 13.3. The fourth-order valence-electron chi connectivity index (χ4n) is 1.97. The van der Waals surface area contributed by atoms with Crippen LogP contribution in [-0.4, -0.2) is 0 Å². The van der Waals surface area contributed by atoms with Crippen molar-refractivity contribution in [2.75, 3.05) is 0 Å². The molecule has 0 bridgehead atoms. The van der Waals surface area contributed by atoms with E-state index in [9.17, 15) is 0 Å². The Morgan fingerprint density at radius 1 is 1.11 bits per heavy atom. The van der Waals surface area contributed by atoms with Crippen molar-refractivity contribution < 1.29 is 0 Å². The van der Waals surface area contributed by atoms with Gasteiger partial charge in [0.1, 0.15) is 0 Å². The summed E-state index contributed by atoms with van der Waals surface area (Å²) >= 11 is 1.72. The Labute approximate surface area is 113 Å². The molecule has 0 saturated heterocycles. The molecule has 18 heavy (non-hydrogen) atoms. The Balaban J connectivity index is 2.28. The lowest BCUT2D eigenvalue weighted by atomic mass is 9.86. The highest BCUT2D eigenvalue weighted by atomic mass is 32.1. The lowest BCUT2D eigenvalue weighted by Gasteiger charge is -2.21. The second-order valence-electron chi connectivity index (χ2n) is 5.49. The molecule has 0 saturated carbocycles. The maximum absolute atomic E-state index is 5.68. The van der Waals surface area contributed by atoms with Crippen LogP contribution in [0.5, 0.6) is 0 Å². The van der Waals surface area contributed by atoms with Gasteiger partial charge in [0.05, 0.1) is 6.04 Å². The molecule has 0 radical (unpaired) electrons. The van der Waals surface area contributed by atoms with Gasteiger partial charge in [-0.2, -0.15) is 0 Å². The summed E-state index contributed by atoms with van der Waals surface area (Å²) in [5.41, 5.74) is 5.62. The Morgan fingerprint density at radius 2 is 1.78 bits per heavy atom. The van der Waals surface area contributed by atoms with Crippen molar-refractivity contribution in [3.05, 3.63) is 57.8 Å². The normalized spacial score (nSPS) is 13.6. The maximum Gasteiger partial charge on any atom is 0.0802 e. The molecule has 2 rings (SSSR count). The molecule has 1 heterocycles. The van der Waals surface area contributed by atoms with E-state index in [4.69, 9.17) is 5.84 Å². The van der Waals surface area contributed by atoms with Crippen LogP contribution in [0.4, 0.5) is 0 Å². The van der Waals surface area contributed by atoms with Crippen molar-refractivity contribution in [1.29, 1.82) is 0 Å². The Bertz CT molecular complexity index is 480. The van der Waals surface area contributed by atoms with Crippen LogP contribution in [0.1, 0.15) is 42.8 Å². The van der Waals surface area contributed by atoms with Gasteiger partial charge in [-0.05, 0) is 28.0 Å². The van der Waals surface area contributed by atoms with Crippen LogP contribution in [0.15, 0.2) is 41.8 Å². The van der Waals surface area contributed by atoms with Gasteiger partial charge >= 0.3 is 0 Å². The summed E-state index contributed by atoms with van der Waals surface area (Å²) in [6, 6.07) is 12.9. The molecular formula is C15H20N2S. The summed E-state index contributed by atoms with van der Waals surface area (Å²) in [4.78, 5) is 1.24. The zero-order chi connectivity index (χ0) is 13.2. The van der Waals surface area contributed by atoms with Gasteiger partial charge in [-0.15, -0.1) is 11.3 Å². The molecule has 0 spiro atoms. The van der Waals surface area contributed by atoms with E-state index >= 15 is 0 Å². The second-order valence-corrected chi connectivity index (χ2v) is 6.47. The number of hydrogen-bond donors (Lipinski definition) is 2. The minimum atomic E-state index is 0.0824. The fourth-order valence-corrected chi connectivity index (χ4v) is 2.79. The lowest BCUT2D eigenvalue weighted by Crippen LogP contribution is -2.28. The zero-order valence-corrected chi connectivity index (χ0v) is 11.9. The van der Waals surface area contributed by atoms with E-state index in [1.807, 2.05) is 6.07 Å². The number of benzene rings is 1. The standard InChI is InChI=1S/C15H20N2S/c1-15(2,3)12-8-6-11(7-9-12)14(17-16)13-5-4-10-18-13/h4-10,14,17H,16H2,1-3H3. The SMILES string of the molecule is CC(C)(C)c1ccc(C(NN)c2cccs2)cc1. The summed E-state index contributed by atoms with van der Waals surface area (Å²) in [6.45, 7) is 6.67. The Kier molecular flexibility index (Phi) is 3.85. The number of rotatable bonds is 3.